The highest BCUT2D eigenvalue weighted by atomic mass is 16.4. The van der Waals surface area contributed by atoms with Crippen LogP contribution in [-0.2, 0) is 14.4 Å². The number of carboxylic acid groups (broad SMARTS) is 1. The summed E-state index contributed by atoms with van der Waals surface area (Å²) in [4.78, 5) is 34.3. The zero-order chi connectivity index (χ0) is 13.8. The van der Waals surface area contributed by atoms with Gasteiger partial charge in [0.05, 0.1) is 0 Å². The highest BCUT2D eigenvalue weighted by molar-refractivity contribution is 5.92. The van der Waals surface area contributed by atoms with Gasteiger partial charge in [-0.3, -0.25) is 9.59 Å². The lowest BCUT2D eigenvalue weighted by Crippen LogP contribution is -2.52. The van der Waals surface area contributed by atoms with Crippen LogP contribution in [0.5, 0.6) is 0 Å². The van der Waals surface area contributed by atoms with Gasteiger partial charge >= 0.3 is 5.97 Å². The molecule has 6 heteroatoms. The molecule has 2 aliphatic rings. The summed E-state index contributed by atoms with van der Waals surface area (Å²) in [5.74, 6) is -1.50. The monoisotopic (exact) mass is 268 g/mol. The molecule has 2 atom stereocenters. The number of hydrogen-bond donors (Lipinski definition) is 3. The molecule has 2 amide bonds. The molecule has 2 rings (SSSR count). The number of carboxylic acids is 1. The third-order valence-corrected chi connectivity index (χ3v) is 4.00. The third kappa shape index (κ3) is 3.45. The molecule has 0 spiro atoms. The minimum absolute atomic E-state index is 0.00676. The smallest absolute Gasteiger partial charge is 0.326 e. The second kappa shape index (κ2) is 6.04. The molecule has 1 saturated heterocycles. The van der Waals surface area contributed by atoms with Crippen molar-refractivity contribution in [2.45, 2.75) is 57.0 Å². The van der Waals surface area contributed by atoms with E-state index in [1.807, 2.05) is 0 Å². The number of carbonyl (C=O) groups excluding carboxylic acids is 2. The number of carbonyl (C=O) groups is 3. The van der Waals surface area contributed by atoms with Gasteiger partial charge in [-0.1, -0.05) is 19.3 Å². The van der Waals surface area contributed by atoms with Gasteiger partial charge in [-0.25, -0.2) is 4.79 Å². The Labute approximate surface area is 111 Å². The van der Waals surface area contributed by atoms with Crippen LogP contribution in [0.4, 0.5) is 0 Å². The largest absolute Gasteiger partial charge is 0.480 e. The van der Waals surface area contributed by atoms with Gasteiger partial charge in [0.15, 0.2) is 0 Å². The third-order valence-electron chi connectivity index (χ3n) is 4.00. The van der Waals surface area contributed by atoms with E-state index in [1.54, 1.807) is 0 Å². The fourth-order valence-electron chi connectivity index (χ4n) is 2.91. The number of amides is 2. The minimum Gasteiger partial charge on any atom is -0.480 e. The molecule has 0 aromatic carbocycles. The lowest BCUT2D eigenvalue weighted by Gasteiger charge is -2.28. The first-order valence-electron chi connectivity index (χ1n) is 6.90. The number of rotatable bonds is 4. The summed E-state index contributed by atoms with van der Waals surface area (Å²) in [5.41, 5.74) is 0. The van der Waals surface area contributed by atoms with Crippen molar-refractivity contribution in [3.05, 3.63) is 0 Å². The standard InChI is InChI=1S/C13H20N2O4/c16-10-7-6-9(14-10)12(17)15-11(13(18)19)8-4-2-1-3-5-8/h8-9,11H,1-7H2,(H,14,16)(H,15,17)(H,18,19)/t9-,11?/m1/s1. The van der Waals surface area contributed by atoms with Crippen LogP contribution in [0.25, 0.3) is 0 Å². The van der Waals surface area contributed by atoms with Crippen LogP contribution in [0.15, 0.2) is 0 Å². The average molecular weight is 268 g/mol. The first kappa shape index (κ1) is 13.8. The fourth-order valence-corrected chi connectivity index (χ4v) is 2.91. The molecule has 19 heavy (non-hydrogen) atoms. The van der Waals surface area contributed by atoms with Crippen molar-refractivity contribution in [3.63, 3.8) is 0 Å². The molecule has 6 nitrogen and oxygen atoms in total. The Bertz CT molecular complexity index is 377. The van der Waals surface area contributed by atoms with Crippen molar-refractivity contribution in [1.29, 1.82) is 0 Å². The van der Waals surface area contributed by atoms with Crippen molar-refractivity contribution >= 4 is 17.8 Å². The summed E-state index contributed by atoms with van der Waals surface area (Å²) in [6.45, 7) is 0. The van der Waals surface area contributed by atoms with Gasteiger partial charge in [0, 0.05) is 6.42 Å². The van der Waals surface area contributed by atoms with Gasteiger partial charge in [-0.15, -0.1) is 0 Å². The van der Waals surface area contributed by atoms with Gasteiger partial charge in [0.2, 0.25) is 11.8 Å². The Balaban J connectivity index is 1.94. The van der Waals surface area contributed by atoms with E-state index in [0.717, 1.165) is 32.1 Å². The van der Waals surface area contributed by atoms with Gasteiger partial charge in [-0.2, -0.15) is 0 Å². The van der Waals surface area contributed by atoms with Crippen LogP contribution in [0, 0.1) is 5.92 Å². The van der Waals surface area contributed by atoms with Crippen LogP contribution in [-0.4, -0.2) is 35.0 Å². The highest BCUT2D eigenvalue weighted by Gasteiger charge is 2.34. The first-order chi connectivity index (χ1) is 9.08. The normalized spacial score (nSPS) is 25.7. The molecule has 1 saturated carbocycles. The molecule has 0 radical (unpaired) electrons. The van der Waals surface area contributed by atoms with E-state index in [2.05, 4.69) is 10.6 Å². The summed E-state index contributed by atoms with van der Waals surface area (Å²) < 4.78 is 0. The maximum atomic E-state index is 12.0. The Morgan fingerprint density at radius 1 is 1.21 bits per heavy atom. The molecule has 0 aromatic heterocycles. The number of nitrogens with one attached hydrogen (secondary N) is 2. The first-order valence-corrected chi connectivity index (χ1v) is 6.90. The summed E-state index contributed by atoms with van der Waals surface area (Å²) in [5, 5.41) is 14.4. The lowest BCUT2D eigenvalue weighted by atomic mass is 9.84. The van der Waals surface area contributed by atoms with E-state index in [-0.39, 0.29) is 17.7 Å². The van der Waals surface area contributed by atoms with Gasteiger partial charge < -0.3 is 15.7 Å². The topological polar surface area (TPSA) is 95.5 Å². The summed E-state index contributed by atoms with van der Waals surface area (Å²) in [6.07, 6.45) is 5.63. The van der Waals surface area contributed by atoms with Gasteiger partial charge in [0.25, 0.3) is 0 Å². The maximum Gasteiger partial charge on any atom is 0.326 e. The Morgan fingerprint density at radius 3 is 2.42 bits per heavy atom. The minimum atomic E-state index is -0.982. The molecule has 106 valence electrons. The van der Waals surface area contributed by atoms with Crippen molar-refractivity contribution in [3.8, 4) is 0 Å². The van der Waals surface area contributed by atoms with Crippen LogP contribution in [0.1, 0.15) is 44.9 Å². The molecule has 0 bridgehead atoms. The predicted octanol–water partition coefficient (Wildman–Crippen LogP) is 0.415. The van der Waals surface area contributed by atoms with E-state index in [4.69, 9.17) is 0 Å². The Morgan fingerprint density at radius 2 is 1.89 bits per heavy atom. The second-order valence-electron chi connectivity index (χ2n) is 5.38. The van der Waals surface area contributed by atoms with Crippen LogP contribution < -0.4 is 10.6 Å². The quantitative estimate of drug-likeness (QED) is 0.688. The van der Waals surface area contributed by atoms with Crippen molar-refractivity contribution in [1.82, 2.24) is 10.6 Å². The van der Waals surface area contributed by atoms with Crippen molar-refractivity contribution in [2.75, 3.05) is 0 Å². The Hall–Kier alpha value is -1.59. The zero-order valence-electron chi connectivity index (χ0n) is 10.9. The van der Waals surface area contributed by atoms with E-state index >= 15 is 0 Å². The van der Waals surface area contributed by atoms with Crippen LogP contribution in [0.2, 0.25) is 0 Å². The lowest BCUT2D eigenvalue weighted by molar-refractivity contribution is -0.144. The van der Waals surface area contributed by atoms with Gasteiger partial charge in [0.1, 0.15) is 12.1 Å². The van der Waals surface area contributed by atoms with E-state index in [9.17, 15) is 19.5 Å². The molecule has 1 heterocycles. The zero-order valence-corrected chi connectivity index (χ0v) is 10.9. The SMILES string of the molecule is O=C1CC[C@H](C(=O)NC(C(=O)O)C2CCCCC2)N1. The van der Waals surface area contributed by atoms with Crippen LogP contribution in [0.3, 0.4) is 0 Å². The summed E-state index contributed by atoms with van der Waals surface area (Å²) >= 11 is 0. The molecule has 1 unspecified atom stereocenters. The molecule has 2 fully saturated rings. The van der Waals surface area contributed by atoms with E-state index < -0.39 is 18.1 Å². The fraction of sp³-hybridized carbons (Fsp3) is 0.769. The van der Waals surface area contributed by atoms with Crippen molar-refractivity contribution < 1.29 is 19.5 Å². The van der Waals surface area contributed by atoms with E-state index in [1.165, 1.54) is 0 Å². The van der Waals surface area contributed by atoms with E-state index in [0.29, 0.717) is 12.8 Å². The highest BCUT2D eigenvalue weighted by Crippen LogP contribution is 2.26. The molecular formula is C13H20N2O4. The molecule has 3 N–H and O–H groups in total. The molecular weight excluding hydrogens is 248 g/mol. The second-order valence-corrected chi connectivity index (χ2v) is 5.38. The summed E-state index contributed by atoms with van der Waals surface area (Å²) in [7, 11) is 0. The average Bonchev–Trinajstić information content (AvgIpc) is 2.83. The van der Waals surface area contributed by atoms with Crippen LogP contribution >= 0.6 is 0 Å². The maximum absolute atomic E-state index is 12.0. The molecule has 1 aliphatic carbocycles. The molecule has 0 aromatic rings. The van der Waals surface area contributed by atoms with Gasteiger partial charge in [-0.05, 0) is 25.2 Å². The number of aliphatic carboxylic acids is 1. The predicted molar refractivity (Wildman–Crippen MR) is 67.3 cm³/mol. The van der Waals surface area contributed by atoms with Crippen molar-refractivity contribution in [2.24, 2.45) is 5.92 Å². The Kier molecular flexibility index (Phi) is 4.39. The number of hydrogen-bond acceptors (Lipinski definition) is 3. The summed E-state index contributed by atoms with van der Waals surface area (Å²) in [6, 6.07) is -1.40. The molecule has 1 aliphatic heterocycles.